The number of amides is 1. The van der Waals surface area contributed by atoms with Crippen LogP contribution in [0.2, 0.25) is 0 Å². The summed E-state index contributed by atoms with van der Waals surface area (Å²) in [7, 11) is 4.61. The first-order chi connectivity index (χ1) is 10.1. The first-order valence-corrected chi connectivity index (χ1v) is 6.96. The van der Waals surface area contributed by atoms with E-state index in [1.165, 1.54) is 14.2 Å². The zero-order valence-corrected chi connectivity index (χ0v) is 13.9. The number of halogens is 1. The summed E-state index contributed by atoms with van der Waals surface area (Å²) in [5, 5.41) is 2.89. The minimum absolute atomic E-state index is 0. The number of benzene rings is 1. The Morgan fingerprint density at radius 2 is 1.82 bits per heavy atom. The van der Waals surface area contributed by atoms with Gasteiger partial charge in [-0.25, -0.2) is 0 Å². The molecule has 0 bridgehead atoms. The van der Waals surface area contributed by atoms with Crippen molar-refractivity contribution >= 4 is 24.0 Å². The van der Waals surface area contributed by atoms with Crippen LogP contribution >= 0.6 is 12.4 Å². The van der Waals surface area contributed by atoms with Gasteiger partial charge in [-0.2, -0.15) is 0 Å². The smallest absolute Gasteiger partial charge is 0.227 e. The number of anilines is 1. The highest BCUT2D eigenvalue weighted by atomic mass is 35.5. The molecule has 2 unspecified atom stereocenters. The van der Waals surface area contributed by atoms with Crippen LogP contribution in [0.15, 0.2) is 12.1 Å². The Hall–Kier alpha value is -1.66. The van der Waals surface area contributed by atoms with Crippen molar-refractivity contribution < 1.29 is 19.0 Å². The second kappa shape index (κ2) is 8.10. The molecule has 2 atom stereocenters. The molecule has 1 aliphatic rings. The Morgan fingerprint density at radius 3 is 2.32 bits per heavy atom. The van der Waals surface area contributed by atoms with Crippen molar-refractivity contribution in [2.45, 2.75) is 25.3 Å². The fourth-order valence-corrected chi connectivity index (χ4v) is 2.69. The van der Waals surface area contributed by atoms with E-state index >= 15 is 0 Å². The van der Waals surface area contributed by atoms with Crippen LogP contribution in [0.1, 0.15) is 19.3 Å². The molecule has 0 heterocycles. The Bertz CT molecular complexity index is 525. The third-order valence-corrected chi connectivity index (χ3v) is 3.81. The van der Waals surface area contributed by atoms with Gasteiger partial charge in [0.15, 0.2) is 11.5 Å². The monoisotopic (exact) mass is 330 g/mol. The highest BCUT2D eigenvalue weighted by Crippen LogP contribution is 2.43. The van der Waals surface area contributed by atoms with Gasteiger partial charge in [-0.05, 0) is 31.4 Å². The van der Waals surface area contributed by atoms with E-state index in [1.54, 1.807) is 19.2 Å². The molecule has 124 valence electrons. The van der Waals surface area contributed by atoms with Crippen LogP contribution in [0.3, 0.4) is 0 Å². The van der Waals surface area contributed by atoms with Gasteiger partial charge in [-0.15, -0.1) is 12.4 Å². The summed E-state index contributed by atoms with van der Waals surface area (Å²) >= 11 is 0. The Kier molecular flexibility index (Phi) is 6.77. The number of hydrogen-bond donors (Lipinski definition) is 2. The van der Waals surface area contributed by atoms with Crippen molar-refractivity contribution in [2.75, 3.05) is 26.6 Å². The maximum atomic E-state index is 12.3. The summed E-state index contributed by atoms with van der Waals surface area (Å²) < 4.78 is 15.9. The van der Waals surface area contributed by atoms with Crippen molar-refractivity contribution in [1.82, 2.24) is 0 Å². The van der Waals surface area contributed by atoms with Crippen molar-refractivity contribution in [3.05, 3.63) is 12.1 Å². The van der Waals surface area contributed by atoms with Crippen molar-refractivity contribution in [2.24, 2.45) is 11.7 Å². The Morgan fingerprint density at radius 1 is 1.14 bits per heavy atom. The van der Waals surface area contributed by atoms with Crippen molar-refractivity contribution in [3.63, 3.8) is 0 Å². The van der Waals surface area contributed by atoms with Gasteiger partial charge in [0.2, 0.25) is 11.7 Å². The highest BCUT2D eigenvalue weighted by molar-refractivity contribution is 5.95. The lowest BCUT2D eigenvalue weighted by molar-refractivity contribution is -0.119. The third kappa shape index (κ3) is 3.75. The van der Waals surface area contributed by atoms with Gasteiger partial charge < -0.3 is 25.3 Å². The van der Waals surface area contributed by atoms with Gasteiger partial charge in [0.1, 0.15) is 0 Å². The largest absolute Gasteiger partial charge is 0.493 e. The predicted octanol–water partition coefficient (Wildman–Crippen LogP) is 2.20. The standard InChI is InChI=1S/C15H22N2O4.ClH/c1-19-12-7-6-11(13(20-2)14(12)21-3)17-15(18)9-4-5-10(16)8-9;/h6-7,9-10H,4-5,8,16H2,1-3H3,(H,17,18);1H. The summed E-state index contributed by atoms with van der Waals surface area (Å²) in [6.07, 6.45) is 2.44. The molecule has 0 aliphatic heterocycles. The molecule has 0 radical (unpaired) electrons. The molecule has 0 aromatic heterocycles. The first kappa shape index (κ1) is 18.4. The molecule has 3 N–H and O–H groups in total. The van der Waals surface area contributed by atoms with E-state index in [1.807, 2.05) is 0 Å². The topological polar surface area (TPSA) is 82.8 Å². The molecular weight excluding hydrogens is 308 g/mol. The summed E-state index contributed by atoms with van der Waals surface area (Å²) in [6, 6.07) is 3.60. The zero-order valence-electron chi connectivity index (χ0n) is 13.0. The quantitative estimate of drug-likeness (QED) is 0.864. The van der Waals surface area contributed by atoms with E-state index in [9.17, 15) is 4.79 Å². The molecule has 0 spiro atoms. The number of carbonyl (C=O) groups is 1. The average Bonchev–Trinajstić information content (AvgIpc) is 2.93. The summed E-state index contributed by atoms with van der Waals surface area (Å²) in [4.78, 5) is 12.3. The van der Waals surface area contributed by atoms with Crippen LogP contribution in [0.5, 0.6) is 17.2 Å². The first-order valence-electron chi connectivity index (χ1n) is 6.96. The number of hydrogen-bond acceptors (Lipinski definition) is 5. The molecule has 1 saturated carbocycles. The van der Waals surface area contributed by atoms with Gasteiger partial charge in [0.25, 0.3) is 0 Å². The van der Waals surface area contributed by atoms with Gasteiger partial charge in [0.05, 0.1) is 27.0 Å². The van der Waals surface area contributed by atoms with Crippen LogP contribution in [-0.2, 0) is 4.79 Å². The van der Waals surface area contributed by atoms with Crippen LogP contribution < -0.4 is 25.3 Å². The van der Waals surface area contributed by atoms with E-state index in [4.69, 9.17) is 19.9 Å². The Labute approximate surface area is 136 Å². The van der Waals surface area contributed by atoms with E-state index in [-0.39, 0.29) is 30.3 Å². The van der Waals surface area contributed by atoms with E-state index < -0.39 is 0 Å². The molecule has 22 heavy (non-hydrogen) atoms. The average molecular weight is 331 g/mol. The fraction of sp³-hybridized carbons (Fsp3) is 0.533. The second-order valence-electron chi connectivity index (χ2n) is 5.14. The maximum absolute atomic E-state index is 12.3. The second-order valence-corrected chi connectivity index (χ2v) is 5.14. The summed E-state index contributed by atoms with van der Waals surface area (Å²) in [6.45, 7) is 0. The van der Waals surface area contributed by atoms with Crippen LogP contribution in [-0.4, -0.2) is 33.3 Å². The number of ether oxygens (including phenoxy) is 3. The van der Waals surface area contributed by atoms with Crippen LogP contribution in [0.4, 0.5) is 5.69 Å². The van der Waals surface area contributed by atoms with Crippen molar-refractivity contribution in [3.8, 4) is 17.2 Å². The SMILES string of the molecule is COc1ccc(NC(=O)C2CCC(N)C2)c(OC)c1OC.Cl. The van der Waals surface area contributed by atoms with Crippen molar-refractivity contribution in [1.29, 1.82) is 0 Å². The molecule has 6 nitrogen and oxygen atoms in total. The number of carbonyl (C=O) groups excluding carboxylic acids is 1. The molecule has 1 amide bonds. The Balaban J connectivity index is 0.00000242. The number of methoxy groups -OCH3 is 3. The zero-order chi connectivity index (χ0) is 15.4. The molecule has 7 heteroatoms. The minimum atomic E-state index is -0.0437. The number of rotatable bonds is 5. The molecule has 1 aromatic rings. The minimum Gasteiger partial charge on any atom is -0.493 e. The van der Waals surface area contributed by atoms with Gasteiger partial charge in [-0.3, -0.25) is 4.79 Å². The van der Waals surface area contributed by atoms with Gasteiger partial charge in [-0.1, -0.05) is 0 Å². The predicted molar refractivity (Wildman–Crippen MR) is 87.3 cm³/mol. The van der Waals surface area contributed by atoms with Crippen LogP contribution in [0, 0.1) is 5.92 Å². The third-order valence-electron chi connectivity index (χ3n) is 3.81. The molecule has 2 rings (SSSR count). The molecule has 1 aliphatic carbocycles. The van der Waals surface area contributed by atoms with E-state index in [2.05, 4.69) is 5.32 Å². The lowest BCUT2D eigenvalue weighted by atomic mass is 10.1. The molecule has 1 aromatic carbocycles. The molecule has 1 fully saturated rings. The molecular formula is C15H23ClN2O4. The van der Waals surface area contributed by atoms with E-state index in [0.717, 1.165) is 19.3 Å². The maximum Gasteiger partial charge on any atom is 0.227 e. The number of nitrogens with one attached hydrogen (secondary N) is 1. The normalized spacial score (nSPS) is 20.0. The van der Waals surface area contributed by atoms with Gasteiger partial charge in [0, 0.05) is 12.0 Å². The lowest BCUT2D eigenvalue weighted by Gasteiger charge is -2.17. The van der Waals surface area contributed by atoms with Gasteiger partial charge >= 0.3 is 0 Å². The highest BCUT2D eigenvalue weighted by Gasteiger charge is 2.28. The summed E-state index contributed by atoms with van der Waals surface area (Å²) in [5.74, 6) is 1.38. The van der Waals surface area contributed by atoms with Crippen LogP contribution in [0.25, 0.3) is 0 Å². The lowest BCUT2D eigenvalue weighted by Crippen LogP contribution is -2.23. The number of nitrogens with two attached hydrogens (primary N) is 1. The summed E-state index contributed by atoms with van der Waals surface area (Å²) in [5.41, 5.74) is 6.42. The molecule has 0 saturated heterocycles. The fourth-order valence-electron chi connectivity index (χ4n) is 2.69. The van der Waals surface area contributed by atoms with E-state index in [0.29, 0.717) is 22.9 Å².